The molecule has 0 aliphatic rings. The van der Waals surface area contributed by atoms with Gasteiger partial charge in [0, 0.05) is 25.7 Å². The van der Waals surface area contributed by atoms with E-state index in [1.807, 2.05) is 0 Å². The molecule has 0 radical (unpaired) electrons. The molecule has 17 nitrogen and oxygen atoms in total. The maximum absolute atomic E-state index is 13.0. The summed E-state index contributed by atoms with van der Waals surface area (Å²) in [5.74, 6) is 0.0569. The lowest BCUT2D eigenvalue weighted by Crippen LogP contribution is -2.30. The van der Waals surface area contributed by atoms with Gasteiger partial charge >= 0.3 is 39.5 Å². The van der Waals surface area contributed by atoms with Gasteiger partial charge in [-0.1, -0.05) is 259 Å². The highest BCUT2D eigenvalue weighted by Gasteiger charge is 2.30. The second-order valence-electron chi connectivity index (χ2n) is 24.6. The number of aliphatic hydroxyl groups is 1. The number of unbranched alkanes of at least 4 members (excludes halogenated alkanes) is 26. The van der Waals surface area contributed by atoms with E-state index >= 15 is 0 Å². The van der Waals surface area contributed by atoms with Crippen LogP contribution in [0.1, 0.15) is 312 Å². The Labute approximate surface area is 529 Å². The molecule has 0 aliphatic heterocycles. The Bertz CT molecular complexity index is 1810. The fourth-order valence-electron chi connectivity index (χ4n) is 9.55. The smallest absolute Gasteiger partial charge is 0.462 e. The molecule has 0 aliphatic carbocycles. The fraction of sp³-hybridized carbons (Fsp3) is 0.882. The number of rotatable bonds is 64. The number of esters is 4. The Morgan fingerprint density at radius 2 is 0.644 bits per heavy atom. The number of phosphoric ester groups is 2. The van der Waals surface area contributed by atoms with E-state index in [-0.39, 0.29) is 25.7 Å². The molecule has 0 rings (SSSR count). The van der Waals surface area contributed by atoms with E-state index in [0.29, 0.717) is 25.7 Å². The summed E-state index contributed by atoms with van der Waals surface area (Å²) < 4.78 is 68.1. The lowest BCUT2D eigenvalue weighted by Gasteiger charge is -2.21. The Morgan fingerprint density at radius 3 is 0.966 bits per heavy atom. The molecule has 0 amide bonds. The second-order valence-corrected chi connectivity index (χ2v) is 27.5. The SMILES string of the molecule is CCCCCC/C=C\C=C/CCCCCCCC(=O)O[C@H](COC(=O)CCCCCCCCC(C)CC)COP(=O)(O)OC[C@H](O)COP(=O)(O)OC[C@@H](COC(=O)CCCCCCCCCCC(C)CC)OC(=O)CCCCCCCCC(C)CC. The van der Waals surface area contributed by atoms with Crippen molar-refractivity contribution in [2.75, 3.05) is 39.6 Å². The zero-order valence-corrected chi connectivity index (χ0v) is 57.7. The summed E-state index contributed by atoms with van der Waals surface area (Å²) in [5.41, 5.74) is 0. The molecule has 0 aromatic heterocycles. The average molecular weight is 1280 g/mol. The van der Waals surface area contributed by atoms with Crippen molar-refractivity contribution in [2.24, 2.45) is 17.8 Å². The van der Waals surface area contributed by atoms with E-state index in [0.717, 1.165) is 127 Å². The molecule has 0 spiro atoms. The fourth-order valence-corrected chi connectivity index (χ4v) is 11.1. The van der Waals surface area contributed by atoms with Gasteiger partial charge in [-0.05, 0) is 69.1 Å². The van der Waals surface area contributed by atoms with Crippen LogP contribution in [0.2, 0.25) is 0 Å². The molecule has 0 heterocycles. The minimum absolute atomic E-state index is 0.0834. The maximum Gasteiger partial charge on any atom is 0.472 e. The first-order valence-corrected chi connectivity index (χ1v) is 37.8. The largest absolute Gasteiger partial charge is 0.472 e. The molecular weight excluding hydrogens is 1150 g/mol. The zero-order valence-electron chi connectivity index (χ0n) is 56.0. The lowest BCUT2D eigenvalue weighted by molar-refractivity contribution is -0.161. The van der Waals surface area contributed by atoms with E-state index in [2.05, 4.69) is 72.8 Å². The molecule has 8 atom stereocenters. The van der Waals surface area contributed by atoms with Crippen molar-refractivity contribution in [3.8, 4) is 0 Å². The Kier molecular flexibility index (Phi) is 57.0. The maximum atomic E-state index is 13.0. The van der Waals surface area contributed by atoms with Crippen molar-refractivity contribution in [2.45, 2.75) is 330 Å². The van der Waals surface area contributed by atoms with E-state index in [1.54, 1.807) is 0 Å². The van der Waals surface area contributed by atoms with Crippen LogP contribution in [0.25, 0.3) is 0 Å². The van der Waals surface area contributed by atoms with Gasteiger partial charge in [0.15, 0.2) is 12.2 Å². The van der Waals surface area contributed by atoms with Crippen LogP contribution in [0, 0.1) is 17.8 Å². The molecule has 512 valence electrons. The number of carbonyl (C=O) groups is 4. The van der Waals surface area contributed by atoms with Crippen molar-refractivity contribution in [3.63, 3.8) is 0 Å². The molecule has 0 saturated heterocycles. The van der Waals surface area contributed by atoms with Crippen LogP contribution < -0.4 is 0 Å². The Hall–Kier alpha value is -2.46. The first kappa shape index (κ1) is 84.5. The third kappa shape index (κ3) is 58.4. The highest BCUT2D eigenvalue weighted by Crippen LogP contribution is 2.45. The van der Waals surface area contributed by atoms with Crippen molar-refractivity contribution >= 4 is 39.5 Å². The molecule has 0 fully saturated rings. The molecule has 3 N–H and O–H groups in total. The summed E-state index contributed by atoms with van der Waals surface area (Å²) >= 11 is 0. The first-order chi connectivity index (χ1) is 41.8. The van der Waals surface area contributed by atoms with Crippen LogP contribution in [-0.2, 0) is 65.4 Å². The van der Waals surface area contributed by atoms with Crippen molar-refractivity contribution in [1.29, 1.82) is 0 Å². The van der Waals surface area contributed by atoms with Crippen molar-refractivity contribution in [1.82, 2.24) is 0 Å². The van der Waals surface area contributed by atoms with E-state index in [4.69, 9.17) is 37.0 Å². The summed E-state index contributed by atoms with van der Waals surface area (Å²) in [6, 6.07) is 0. The number of phosphoric acid groups is 2. The summed E-state index contributed by atoms with van der Waals surface area (Å²) in [4.78, 5) is 72.4. The summed E-state index contributed by atoms with van der Waals surface area (Å²) in [7, 11) is -9.91. The minimum atomic E-state index is -4.96. The predicted octanol–water partition coefficient (Wildman–Crippen LogP) is 18.6. The summed E-state index contributed by atoms with van der Waals surface area (Å²) in [6.45, 7) is 11.7. The lowest BCUT2D eigenvalue weighted by atomic mass is 9.99. The number of ether oxygens (including phenoxy) is 4. The van der Waals surface area contributed by atoms with Crippen molar-refractivity contribution in [3.05, 3.63) is 24.3 Å². The molecule has 0 aromatic rings. The van der Waals surface area contributed by atoms with Gasteiger partial charge in [0.05, 0.1) is 26.4 Å². The minimum Gasteiger partial charge on any atom is -0.462 e. The van der Waals surface area contributed by atoms with Crippen LogP contribution in [0.3, 0.4) is 0 Å². The Balaban J connectivity index is 5.29. The number of carbonyl (C=O) groups excluding carboxylic acids is 4. The number of allylic oxidation sites excluding steroid dienone is 4. The summed E-state index contributed by atoms with van der Waals surface area (Å²) in [6.07, 6.45) is 43.9. The summed E-state index contributed by atoms with van der Waals surface area (Å²) in [5, 5.41) is 10.6. The number of hydrogen-bond acceptors (Lipinski definition) is 15. The van der Waals surface area contributed by atoms with Gasteiger partial charge in [-0.3, -0.25) is 37.3 Å². The van der Waals surface area contributed by atoms with Gasteiger partial charge in [-0.15, -0.1) is 0 Å². The number of aliphatic hydroxyl groups excluding tert-OH is 1. The molecular formula is C68H128O17P2. The molecule has 19 heteroatoms. The van der Waals surface area contributed by atoms with E-state index in [1.165, 1.54) is 103 Å². The quantitative estimate of drug-likeness (QED) is 0.0169. The second kappa shape index (κ2) is 58.6. The highest BCUT2D eigenvalue weighted by molar-refractivity contribution is 7.47. The van der Waals surface area contributed by atoms with Gasteiger partial charge in [-0.2, -0.15) is 0 Å². The number of hydrogen-bond donors (Lipinski definition) is 3. The van der Waals surface area contributed by atoms with Gasteiger partial charge in [0.2, 0.25) is 0 Å². The predicted molar refractivity (Wildman–Crippen MR) is 349 cm³/mol. The highest BCUT2D eigenvalue weighted by atomic mass is 31.2. The van der Waals surface area contributed by atoms with Crippen LogP contribution in [0.4, 0.5) is 0 Å². The molecule has 5 unspecified atom stereocenters. The zero-order chi connectivity index (χ0) is 64.5. The van der Waals surface area contributed by atoms with Crippen LogP contribution in [0.5, 0.6) is 0 Å². The normalized spacial score (nSPS) is 15.4. The Morgan fingerprint density at radius 1 is 0.368 bits per heavy atom. The van der Waals surface area contributed by atoms with Crippen molar-refractivity contribution < 1.29 is 80.2 Å². The average Bonchev–Trinajstić information content (AvgIpc) is 3.58. The monoisotopic (exact) mass is 1280 g/mol. The first-order valence-electron chi connectivity index (χ1n) is 34.8. The van der Waals surface area contributed by atoms with Gasteiger partial charge < -0.3 is 33.8 Å². The standard InChI is InChI=1S/C68H128O17P2/c1-8-12-13-14-15-16-17-18-19-20-21-22-27-37-44-51-67(72)84-63(56-79-66(71)50-43-36-30-28-33-40-47-60(6)10-3)57-82-86(74,75)80-53-62(69)54-81-87(76,77)83-58-64(85-68(73)52-45-38-31-29-34-41-48-61(7)11-4)55-78-65(70)49-42-35-26-24-23-25-32-39-46-59(5)9-2/h16-19,59-64,69H,8-15,20-58H2,1-7H3,(H,74,75)(H,76,77)/b17-16-,19-18-/t59?,60?,61?,62-,63+,64+/m0/s1. The molecule has 0 bridgehead atoms. The topological polar surface area (TPSA) is 237 Å². The van der Waals surface area contributed by atoms with Crippen LogP contribution in [-0.4, -0.2) is 96.7 Å². The van der Waals surface area contributed by atoms with Gasteiger partial charge in [0.25, 0.3) is 0 Å². The molecule has 0 saturated carbocycles. The van der Waals surface area contributed by atoms with Gasteiger partial charge in [-0.25, -0.2) is 9.13 Å². The van der Waals surface area contributed by atoms with Gasteiger partial charge in [0.1, 0.15) is 19.3 Å². The third-order valence-corrected chi connectivity index (χ3v) is 18.0. The van der Waals surface area contributed by atoms with Crippen LogP contribution >= 0.6 is 15.6 Å². The van der Waals surface area contributed by atoms with E-state index < -0.39 is 97.5 Å². The molecule has 0 aromatic carbocycles. The van der Waals surface area contributed by atoms with Crippen LogP contribution in [0.15, 0.2) is 24.3 Å². The third-order valence-electron chi connectivity index (χ3n) is 16.1. The van der Waals surface area contributed by atoms with E-state index in [9.17, 15) is 43.2 Å². The molecule has 87 heavy (non-hydrogen) atoms.